The minimum absolute atomic E-state index is 0.0365. The second kappa shape index (κ2) is 4.21. The maximum atomic E-state index is 11.3. The molecule has 0 aromatic carbocycles. The topological polar surface area (TPSA) is 43.4 Å². The molecule has 72 valence electrons. The Morgan fingerprint density at radius 1 is 1.46 bits per heavy atom. The first-order valence-corrected chi connectivity index (χ1v) is 4.58. The summed E-state index contributed by atoms with van der Waals surface area (Å²) in [4.78, 5) is 22.3. The minimum Gasteiger partial charge on any atom is -0.423 e. The summed E-state index contributed by atoms with van der Waals surface area (Å²) in [5, 5.41) is 0. The summed E-state index contributed by atoms with van der Waals surface area (Å²) in [6.45, 7) is 3.56. The van der Waals surface area contributed by atoms with Crippen molar-refractivity contribution in [3.63, 3.8) is 0 Å². The van der Waals surface area contributed by atoms with Crippen LogP contribution in [-0.4, -0.2) is 11.8 Å². The van der Waals surface area contributed by atoms with Crippen molar-refractivity contribution >= 4 is 11.8 Å². The van der Waals surface area contributed by atoms with Gasteiger partial charge in [-0.25, -0.2) is 0 Å². The molecule has 13 heavy (non-hydrogen) atoms. The minimum atomic E-state index is -0.329. The Morgan fingerprint density at radius 3 is 2.69 bits per heavy atom. The highest BCUT2D eigenvalue weighted by molar-refractivity contribution is 5.97. The fourth-order valence-corrected chi connectivity index (χ4v) is 1.31. The van der Waals surface area contributed by atoms with Crippen molar-refractivity contribution < 1.29 is 14.3 Å². The van der Waals surface area contributed by atoms with Gasteiger partial charge in [-0.3, -0.25) is 9.59 Å². The van der Waals surface area contributed by atoms with Gasteiger partial charge < -0.3 is 4.74 Å². The number of hydrogen-bond donors (Lipinski definition) is 0. The third-order valence-electron chi connectivity index (χ3n) is 2.10. The smallest absolute Gasteiger partial charge is 0.311 e. The number of allylic oxidation sites excluding steroid dienone is 2. The normalized spacial score (nSPS) is 17.5. The number of Topliss-reactive ketones (excluding diaryl/α,β-unsaturated/α-hetero) is 1. The number of hydrogen-bond acceptors (Lipinski definition) is 3. The van der Waals surface area contributed by atoms with E-state index < -0.39 is 0 Å². The SMILES string of the molecule is CCC(=O)OC1=C(C)CCCC1=O. The van der Waals surface area contributed by atoms with Crippen LogP contribution in [0.3, 0.4) is 0 Å². The quantitative estimate of drug-likeness (QED) is 0.613. The first-order chi connectivity index (χ1) is 6.15. The summed E-state index contributed by atoms with van der Waals surface area (Å²) in [6.07, 6.45) is 2.55. The molecule has 0 aromatic heterocycles. The van der Waals surface area contributed by atoms with E-state index in [0.29, 0.717) is 12.8 Å². The molecule has 3 nitrogen and oxygen atoms in total. The van der Waals surface area contributed by atoms with Gasteiger partial charge in [-0.1, -0.05) is 6.92 Å². The Bertz CT molecular complexity index is 263. The second-order valence-corrected chi connectivity index (χ2v) is 3.21. The predicted octanol–water partition coefficient (Wildman–Crippen LogP) is 1.97. The van der Waals surface area contributed by atoms with Gasteiger partial charge >= 0.3 is 5.97 Å². The van der Waals surface area contributed by atoms with Gasteiger partial charge in [-0.15, -0.1) is 0 Å². The highest BCUT2D eigenvalue weighted by Crippen LogP contribution is 2.22. The van der Waals surface area contributed by atoms with Crippen LogP contribution in [0.1, 0.15) is 39.5 Å². The average Bonchev–Trinajstić information content (AvgIpc) is 2.11. The van der Waals surface area contributed by atoms with Crippen LogP contribution in [-0.2, 0) is 14.3 Å². The zero-order valence-corrected chi connectivity index (χ0v) is 8.05. The zero-order valence-electron chi connectivity index (χ0n) is 8.05. The monoisotopic (exact) mass is 182 g/mol. The third-order valence-corrected chi connectivity index (χ3v) is 2.10. The number of esters is 1. The van der Waals surface area contributed by atoms with E-state index >= 15 is 0 Å². The molecular formula is C10H14O3. The molecular weight excluding hydrogens is 168 g/mol. The summed E-state index contributed by atoms with van der Waals surface area (Å²) in [7, 11) is 0. The highest BCUT2D eigenvalue weighted by Gasteiger charge is 2.21. The van der Waals surface area contributed by atoms with Crippen molar-refractivity contribution in [2.75, 3.05) is 0 Å². The van der Waals surface area contributed by atoms with Crippen LogP contribution in [0, 0.1) is 0 Å². The lowest BCUT2D eigenvalue weighted by atomic mass is 9.98. The van der Waals surface area contributed by atoms with Crippen LogP contribution in [0.2, 0.25) is 0 Å². The molecule has 0 heterocycles. The molecule has 0 aromatic rings. The van der Waals surface area contributed by atoms with E-state index in [1.807, 2.05) is 6.92 Å². The Labute approximate surface area is 77.8 Å². The molecule has 1 aliphatic rings. The number of ketones is 1. The lowest BCUT2D eigenvalue weighted by Gasteiger charge is -2.15. The molecule has 0 aliphatic heterocycles. The molecule has 0 atom stereocenters. The Kier molecular flexibility index (Phi) is 3.23. The highest BCUT2D eigenvalue weighted by atomic mass is 16.5. The fourth-order valence-electron chi connectivity index (χ4n) is 1.31. The van der Waals surface area contributed by atoms with Crippen molar-refractivity contribution in [2.24, 2.45) is 0 Å². The summed E-state index contributed by atoms with van der Waals surface area (Å²) in [6, 6.07) is 0. The molecule has 0 amide bonds. The number of carbonyl (C=O) groups is 2. The van der Waals surface area contributed by atoms with Gasteiger partial charge in [0.2, 0.25) is 0 Å². The summed E-state index contributed by atoms with van der Waals surface area (Å²) >= 11 is 0. The van der Waals surface area contributed by atoms with Crippen molar-refractivity contribution in [2.45, 2.75) is 39.5 Å². The lowest BCUT2D eigenvalue weighted by Crippen LogP contribution is -2.16. The summed E-state index contributed by atoms with van der Waals surface area (Å²) in [5.41, 5.74) is 0.901. The first kappa shape index (κ1) is 9.96. The molecule has 0 N–H and O–H groups in total. The molecule has 0 spiro atoms. The molecule has 1 rings (SSSR count). The van der Waals surface area contributed by atoms with Crippen molar-refractivity contribution in [3.05, 3.63) is 11.3 Å². The Morgan fingerprint density at radius 2 is 2.15 bits per heavy atom. The average molecular weight is 182 g/mol. The van der Waals surface area contributed by atoms with Crippen molar-refractivity contribution in [1.82, 2.24) is 0 Å². The standard InChI is InChI=1S/C10H14O3/c1-3-9(12)13-10-7(2)5-4-6-8(10)11/h3-6H2,1-2H3. The second-order valence-electron chi connectivity index (χ2n) is 3.21. The molecule has 0 saturated carbocycles. The van der Waals surface area contributed by atoms with E-state index in [9.17, 15) is 9.59 Å². The van der Waals surface area contributed by atoms with Crippen LogP contribution in [0.5, 0.6) is 0 Å². The van der Waals surface area contributed by atoms with Crippen LogP contribution >= 0.6 is 0 Å². The van der Waals surface area contributed by atoms with Crippen LogP contribution in [0.25, 0.3) is 0 Å². The molecule has 0 bridgehead atoms. The molecule has 1 aliphatic carbocycles. The van der Waals surface area contributed by atoms with Crippen molar-refractivity contribution in [3.8, 4) is 0 Å². The van der Waals surface area contributed by atoms with E-state index in [0.717, 1.165) is 18.4 Å². The van der Waals surface area contributed by atoms with Crippen LogP contribution in [0.4, 0.5) is 0 Å². The summed E-state index contributed by atoms with van der Waals surface area (Å²) < 4.78 is 4.96. The van der Waals surface area contributed by atoms with Gasteiger partial charge in [0.15, 0.2) is 11.5 Å². The van der Waals surface area contributed by atoms with E-state index in [1.54, 1.807) is 6.92 Å². The van der Waals surface area contributed by atoms with E-state index in [2.05, 4.69) is 0 Å². The molecule has 0 radical (unpaired) electrons. The largest absolute Gasteiger partial charge is 0.423 e. The summed E-state index contributed by atoms with van der Waals surface area (Å²) in [5.74, 6) is -0.0757. The molecule has 0 saturated heterocycles. The first-order valence-electron chi connectivity index (χ1n) is 4.58. The molecule has 3 heteroatoms. The van der Waals surface area contributed by atoms with Gasteiger partial charge in [0.25, 0.3) is 0 Å². The predicted molar refractivity (Wildman–Crippen MR) is 47.9 cm³/mol. The van der Waals surface area contributed by atoms with Gasteiger partial charge in [0.1, 0.15) is 0 Å². The van der Waals surface area contributed by atoms with Crippen LogP contribution < -0.4 is 0 Å². The maximum Gasteiger partial charge on any atom is 0.311 e. The maximum absolute atomic E-state index is 11.3. The number of rotatable bonds is 2. The van der Waals surface area contributed by atoms with Gasteiger partial charge in [0.05, 0.1) is 0 Å². The van der Waals surface area contributed by atoms with E-state index in [-0.39, 0.29) is 17.5 Å². The van der Waals surface area contributed by atoms with Gasteiger partial charge in [0, 0.05) is 12.8 Å². The zero-order chi connectivity index (χ0) is 9.84. The van der Waals surface area contributed by atoms with Crippen molar-refractivity contribution in [1.29, 1.82) is 0 Å². The lowest BCUT2D eigenvalue weighted by molar-refractivity contribution is -0.142. The molecule has 0 fully saturated rings. The van der Waals surface area contributed by atoms with Gasteiger partial charge in [-0.05, 0) is 25.3 Å². The Hall–Kier alpha value is -1.12. The van der Waals surface area contributed by atoms with E-state index in [4.69, 9.17) is 4.74 Å². The third kappa shape index (κ3) is 2.41. The number of ether oxygens (including phenoxy) is 1. The van der Waals surface area contributed by atoms with Gasteiger partial charge in [-0.2, -0.15) is 0 Å². The fraction of sp³-hybridized carbons (Fsp3) is 0.600. The number of carbonyl (C=O) groups excluding carboxylic acids is 2. The van der Waals surface area contributed by atoms with Crippen LogP contribution in [0.15, 0.2) is 11.3 Å². The Balaban J connectivity index is 2.74. The van der Waals surface area contributed by atoms with E-state index in [1.165, 1.54) is 0 Å². The molecule has 0 unspecified atom stereocenters.